The minimum Gasteiger partial charge on any atom is -0.496 e. The first-order chi connectivity index (χ1) is 12.0. The second-order valence-electron chi connectivity index (χ2n) is 6.00. The fourth-order valence-corrected chi connectivity index (χ4v) is 2.88. The number of methoxy groups -OCH3 is 1. The van der Waals surface area contributed by atoms with E-state index in [1.807, 2.05) is 38.1 Å². The van der Waals surface area contributed by atoms with Crippen molar-refractivity contribution in [3.63, 3.8) is 0 Å². The van der Waals surface area contributed by atoms with Crippen molar-refractivity contribution in [3.8, 4) is 17.1 Å². The van der Waals surface area contributed by atoms with Crippen LogP contribution in [0.5, 0.6) is 5.75 Å². The number of ether oxygens (including phenoxy) is 1. The number of anilines is 1. The second-order valence-corrected chi connectivity index (χ2v) is 6.00. The van der Waals surface area contributed by atoms with Crippen molar-refractivity contribution in [2.45, 2.75) is 20.3 Å². The Morgan fingerprint density at radius 3 is 2.56 bits per heavy atom. The maximum absolute atomic E-state index is 12.3. The van der Waals surface area contributed by atoms with Crippen LogP contribution in [0.2, 0.25) is 0 Å². The minimum absolute atomic E-state index is 0.0699. The summed E-state index contributed by atoms with van der Waals surface area (Å²) in [5.41, 5.74) is 4.77. The molecule has 0 atom stereocenters. The summed E-state index contributed by atoms with van der Waals surface area (Å²) in [5.74, 6) is 1.16. The van der Waals surface area contributed by atoms with Crippen LogP contribution in [0.4, 0.5) is 5.69 Å². The van der Waals surface area contributed by atoms with E-state index in [0.29, 0.717) is 23.6 Å². The summed E-state index contributed by atoms with van der Waals surface area (Å²) in [5, 5.41) is 2.91. The number of aryl methyl sites for hydroxylation is 2. The van der Waals surface area contributed by atoms with Crippen LogP contribution in [-0.4, -0.2) is 18.0 Å². The number of nitrogens with zero attached hydrogens (tertiary/aromatic N) is 1. The van der Waals surface area contributed by atoms with Crippen LogP contribution in [0.3, 0.4) is 0 Å². The minimum atomic E-state index is -0.0699. The molecule has 0 saturated carbocycles. The molecule has 0 bridgehead atoms. The highest BCUT2D eigenvalue weighted by Gasteiger charge is 2.12. The zero-order valence-electron chi connectivity index (χ0n) is 14.5. The van der Waals surface area contributed by atoms with Gasteiger partial charge in [0.05, 0.1) is 25.3 Å². The summed E-state index contributed by atoms with van der Waals surface area (Å²) in [4.78, 5) is 16.3. The summed E-state index contributed by atoms with van der Waals surface area (Å²) in [6.07, 6.45) is 3.32. The number of carbonyl (C=O) groups is 1. The topological polar surface area (TPSA) is 64.4 Å². The number of rotatable bonds is 5. The zero-order chi connectivity index (χ0) is 17.8. The van der Waals surface area contributed by atoms with Crippen molar-refractivity contribution in [2.24, 2.45) is 0 Å². The van der Waals surface area contributed by atoms with Gasteiger partial charge in [-0.1, -0.05) is 29.3 Å². The van der Waals surface area contributed by atoms with Gasteiger partial charge in [0, 0.05) is 11.8 Å². The third kappa shape index (κ3) is 4.07. The number of hydrogen-bond donors (Lipinski definition) is 1. The summed E-state index contributed by atoms with van der Waals surface area (Å²) in [7, 11) is 1.58. The maximum atomic E-state index is 12.3. The molecule has 0 aliphatic heterocycles. The molecule has 0 saturated heterocycles. The van der Waals surface area contributed by atoms with E-state index in [-0.39, 0.29) is 5.91 Å². The second kappa shape index (κ2) is 7.21. The molecule has 5 nitrogen and oxygen atoms in total. The molecule has 2 aromatic carbocycles. The average Bonchev–Trinajstić information content (AvgIpc) is 3.07. The average molecular weight is 336 g/mol. The van der Waals surface area contributed by atoms with E-state index in [1.165, 1.54) is 6.39 Å². The highest BCUT2D eigenvalue weighted by molar-refractivity contribution is 5.93. The molecule has 5 heteroatoms. The van der Waals surface area contributed by atoms with Crippen molar-refractivity contribution in [3.05, 3.63) is 65.7 Å². The molecule has 0 unspecified atom stereocenters. The van der Waals surface area contributed by atoms with Gasteiger partial charge in [-0.25, -0.2) is 4.98 Å². The molecule has 0 radical (unpaired) electrons. The first kappa shape index (κ1) is 16.8. The summed E-state index contributed by atoms with van der Waals surface area (Å²) >= 11 is 0. The Labute approximate surface area is 146 Å². The molecule has 0 fully saturated rings. The molecule has 3 rings (SSSR count). The molecule has 3 aromatic rings. The Hall–Kier alpha value is -3.08. The van der Waals surface area contributed by atoms with Crippen LogP contribution in [0, 0.1) is 13.8 Å². The van der Waals surface area contributed by atoms with Gasteiger partial charge in [0.2, 0.25) is 5.91 Å². The van der Waals surface area contributed by atoms with E-state index >= 15 is 0 Å². The largest absolute Gasteiger partial charge is 0.496 e. The number of nitrogens with one attached hydrogen (secondary N) is 1. The van der Waals surface area contributed by atoms with Gasteiger partial charge in [-0.15, -0.1) is 0 Å². The number of amides is 1. The molecule has 1 amide bonds. The fourth-order valence-electron chi connectivity index (χ4n) is 2.88. The normalized spacial score (nSPS) is 10.5. The first-order valence-corrected chi connectivity index (χ1v) is 7.99. The standard InChI is InChI=1S/C20H20N2O3/c1-13-6-14(2)8-15(7-13)9-20(23)22-16-4-5-17(18(10-16)24-3)19-11-21-12-25-19/h4-8,10-12H,9H2,1-3H3,(H,22,23). The van der Waals surface area contributed by atoms with Crippen LogP contribution in [0.1, 0.15) is 16.7 Å². The predicted molar refractivity (Wildman–Crippen MR) is 96.7 cm³/mol. The van der Waals surface area contributed by atoms with Crippen molar-refractivity contribution < 1.29 is 13.9 Å². The van der Waals surface area contributed by atoms with Gasteiger partial charge in [0.1, 0.15) is 5.75 Å². The van der Waals surface area contributed by atoms with Gasteiger partial charge < -0.3 is 14.5 Å². The number of aromatic nitrogens is 1. The Bertz CT molecular complexity index is 866. The lowest BCUT2D eigenvalue weighted by Gasteiger charge is -2.11. The molecular formula is C20H20N2O3. The lowest BCUT2D eigenvalue weighted by Crippen LogP contribution is -2.14. The van der Waals surface area contributed by atoms with E-state index in [2.05, 4.69) is 16.4 Å². The molecule has 128 valence electrons. The van der Waals surface area contributed by atoms with E-state index in [4.69, 9.17) is 9.15 Å². The van der Waals surface area contributed by atoms with Crippen LogP contribution in [0.15, 0.2) is 53.4 Å². The smallest absolute Gasteiger partial charge is 0.228 e. The molecule has 0 spiro atoms. The van der Waals surface area contributed by atoms with Gasteiger partial charge in [0.25, 0.3) is 0 Å². The number of benzene rings is 2. The zero-order valence-corrected chi connectivity index (χ0v) is 14.5. The predicted octanol–water partition coefficient (Wildman–Crippen LogP) is 4.15. The van der Waals surface area contributed by atoms with Crippen LogP contribution >= 0.6 is 0 Å². The van der Waals surface area contributed by atoms with Crippen LogP contribution in [0.25, 0.3) is 11.3 Å². The maximum Gasteiger partial charge on any atom is 0.228 e. The Morgan fingerprint density at radius 1 is 1.16 bits per heavy atom. The summed E-state index contributed by atoms with van der Waals surface area (Å²) < 4.78 is 10.7. The molecule has 1 aromatic heterocycles. The van der Waals surface area contributed by atoms with E-state index in [1.54, 1.807) is 19.4 Å². The summed E-state index contributed by atoms with van der Waals surface area (Å²) in [6, 6.07) is 11.6. The lowest BCUT2D eigenvalue weighted by molar-refractivity contribution is -0.115. The molecular weight excluding hydrogens is 316 g/mol. The molecule has 1 N–H and O–H groups in total. The van der Waals surface area contributed by atoms with Crippen LogP contribution < -0.4 is 10.1 Å². The first-order valence-electron chi connectivity index (χ1n) is 7.99. The molecule has 25 heavy (non-hydrogen) atoms. The van der Waals surface area contributed by atoms with Gasteiger partial charge in [-0.3, -0.25) is 4.79 Å². The van der Waals surface area contributed by atoms with Crippen molar-refractivity contribution in [1.82, 2.24) is 4.98 Å². The van der Waals surface area contributed by atoms with Crippen molar-refractivity contribution >= 4 is 11.6 Å². The molecule has 1 heterocycles. The van der Waals surface area contributed by atoms with Crippen LogP contribution in [-0.2, 0) is 11.2 Å². The van der Waals surface area contributed by atoms with Crippen molar-refractivity contribution in [2.75, 3.05) is 12.4 Å². The Kier molecular flexibility index (Phi) is 4.84. The van der Waals surface area contributed by atoms with E-state index in [9.17, 15) is 4.79 Å². The van der Waals surface area contributed by atoms with Gasteiger partial charge in [-0.2, -0.15) is 0 Å². The highest BCUT2D eigenvalue weighted by Crippen LogP contribution is 2.32. The summed E-state index contributed by atoms with van der Waals surface area (Å²) in [6.45, 7) is 4.06. The number of oxazole rings is 1. The number of carbonyl (C=O) groups excluding carboxylic acids is 1. The lowest BCUT2D eigenvalue weighted by atomic mass is 10.0. The number of hydrogen-bond acceptors (Lipinski definition) is 4. The Balaban J connectivity index is 1.75. The SMILES string of the molecule is COc1cc(NC(=O)Cc2cc(C)cc(C)c2)ccc1-c1cnco1. The van der Waals surface area contributed by atoms with Gasteiger partial charge in [0.15, 0.2) is 12.2 Å². The van der Waals surface area contributed by atoms with Crippen molar-refractivity contribution in [1.29, 1.82) is 0 Å². The third-order valence-electron chi connectivity index (χ3n) is 3.83. The highest BCUT2D eigenvalue weighted by atomic mass is 16.5. The quantitative estimate of drug-likeness (QED) is 0.760. The fraction of sp³-hybridized carbons (Fsp3) is 0.200. The molecule has 0 aliphatic carbocycles. The Morgan fingerprint density at radius 2 is 1.92 bits per heavy atom. The van der Waals surface area contributed by atoms with E-state index < -0.39 is 0 Å². The van der Waals surface area contributed by atoms with Gasteiger partial charge in [-0.05, 0) is 31.5 Å². The van der Waals surface area contributed by atoms with Gasteiger partial charge >= 0.3 is 0 Å². The monoisotopic (exact) mass is 336 g/mol. The third-order valence-corrected chi connectivity index (χ3v) is 3.83. The molecule has 0 aliphatic rings. The van der Waals surface area contributed by atoms with E-state index in [0.717, 1.165) is 22.3 Å².